The van der Waals surface area contributed by atoms with Crippen molar-refractivity contribution in [1.29, 1.82) is 0 Å². The largest absolute Gasteiger partial charge is 0.491 e. The Balaban J connectivity index is 1.41. The summed E-state index contributed by atoms with van der Waals surface area (Å²) >= 11 is 0. The van der Waals surface area contributed by atoms with E-state index in [4.69, 9.17) is 14.5 Å². The van der Waals surface area contributed by atoms with Crippen LogP contribution < -0.4 is 4.74 Å². The molecule has 0 saturated heterocycles. The van der Waals surface area contributed by atoms with Crippen molar-refractivity contribution in [2.45, 2.75) is 25.7 Å². The Morgan fingerprint density at radius 1 is 0.933 bits per heavy atom. The summed E-state index contributed by atoms with van der Waals surface area (Å²) in [6.45, 7) is 1.07. The van der Waals surface area contributed by atoms with Gasteiger partial charge < -0.3 is 9.47 Å². The Morgan fingerprint density at radius 3 is 2.60 bits per heavy atom. The third-order valence-corrected chi connectivity index (χ3v) is 4.69. The van der Waals surface area contributed by atoms with Gasteiger partial charge in [-0.15, -0.1) is 5.10 Å². The first-order chi connectivity index (χ1) is 14.8. The maximum atomic E-state index is 5.61. The smallest absolute Gasteiger partial charge is 0.187 e. The molecule has 0 bridgehead atoms. The molecule has 0 fully saturated rings. The van der Waals surface area contributed by atoms with Gasteiger partial charge in [0.05, 0.1) is 18.5 Å². The van der Waals surface area contributed by atoms with Gasteiger partial charge in [0, 0.05) is 25.4 Å². The van der Waals surface area contributed by atoms with Crippen molar-refractivity contribution in [3.63, 3.8) is 0 Å². The molecule has 3 aromatic heterocycles. The topological polar surface area (TPSA) is 87.8 Å². The highest BCUT2D eigenvalue weighted by molar-refractivity contribution is 5.70. The van der Waals surface area contributed by atoms with Crippen LogP contribution in [-0.2, 0) is 17.6 Å². The van der Waals surface area contributed by atoms with Crippen molar-refractivity contribution in [3.8, 4) is 11.4 Å². The summed E-state index contributed by atoms with van der Waals surface area (Å²) < 4.78 is 12.3. The van der Waals surface area contributed by atoms with E-state index in [9.17, 15) is 0 Å². The minimum Gasteiger partial charge on any atom is -0.491 e. The van der Waals surface area contributed by atoms with Crippen molar-refractivity contribution in [3.05, 3.63) is 66.4 Å². The summed E-state index contributed by atoms with van der Waals surface area (Å²) in [5, 5.41) is 8.43. The molecule has 8 nitrogen and oxygen atoms in total. The molecule has 0 atom stereocenters. The van der Waals surface area contributed by atoms with Crippen LogP contribution in [0, 0.1) is 0 Å². The van der Waals surface area contributed by atoms with Gasteiger partial charge in [0.1, 0.15) is 18.2 Å². The molecule has 0 aliphatic carbocycles. The molecule has 0 N–H and O–H groups in total. The molecule has 0 unspecified atom stereocenters. The van der Waals surface area contributed by atoms with Gasteiger partial charge in [0.15, 0.2) is 11.2 Å². The van der Waals surface area contributed by atoms with Crippen LogP contribution in [0.1, 0.15) is 24.4 Å². The fourth-order valence-corrected chi connectivity index (χ4v) is 3.12. The monoisotopic (exact) mass is 404 g/mol. The zero-order valence-electron chi connectivity index (χ0n) is 16.9. The Morgan fingerprint density at radius 2 is 1.80 bits per heavy atom. The lowest BCUT2D eigenvalue weighted by Crippen LogP contribution is -2.04. The zero-order chi connectivity index (χ0) is 20.6. The molecule has 30 heavy (non-hydrogen) atoms. The van der Waals surface area contributed by atoms with E-state index < -0.39 is 0 Å². The normalized spacial score (nSPS) is 11.1. The average molecular weight is 404 g/mol. The van der Waals surface area contributed by atoms with Crippen LogP contribution in [-0.4, -0.2) is 50.3 Å². The first kappa shape index (κ1) is 19.9. The third kappa shape index (κ3) is 4.96. The van der Waals surface area contributed by atoms with Gasteiger partial charge in [-0.2, -0.15) is 4.68 Å². The van der Waals surface area contributed by atoms with E-state index in [0.717, 1.165) is 48.6 Å². The third-order valence-electron chi connectivity index (χ3n) is 4.69. The molecular formula is C22H24N6O2. The number of benzene rings is 1. The van der Waals surface area contributed by atoms with Crippen molar-refractivity contribution in [2.24, 2.45) is 0 Å². The van der Waals surface area contributed by atoms with E-state index in [-0.39, 0.29) is 0 Å². The van der Waals surface area contributed by atoms with E-state index in [2.05, 4.69) is 26.3 Å². The summed E-state index contributed by atoms with van der Waals surface area (Å²) in [4.78, 5) is 13.5. The van der Waals surface area contributed by atoms with E-state index in [1.807, 2.05) is 42.6 Å². The fourth-order valence-electron chi connectivity index (χ4n) is 3.12. The SMILES string of the molecule is COCCOc1ccc(-n2nnc3cnc(CCCCc4ccccn4)nc32)cc1. The van der Waals surface area contributed by atoms with Gasteiger partial charge >= 0.3 is 0 Å². The highest BCUT2D eigenvalue weighted by atomic mass is 16.5. The minimum atomic E-state index is 0.513. The Hall–Kier alpha value is -3.39. The second-order valence-electron chi connectivity index (χ2n) is 6.86. The number of rotatable bonds is 10. The lowest BCUT2D eigenvalue weighted by atomic mass is 10.1. The van der Waals surface area contributed by atoms with Crippen LogP contribution in [0.25, 0.3) is 16.9 Å². The van der Waals surface area contributed by atoms with Crippen LogP contribution in [0.5, 0.6) is 5.75 Å². The Kier molecular flexibility index (Phi) is 6.56. The average Bonchev–Trinajstić information content (AvgIpc) is 3.21. The molecule has 154 valence electrons. The Labute approximate surface area is 174 Å². The molecule has 4 rings (SSSR count). The number of aromatic nitrogens is 6. The van der Waals surface area contributed by atoms with Gasteiger partial charge in [0.25, 0.3) is 0 Å². The van der Waals surface area contributed by atoms with Crippen LogP contribution in [0.2, 0.25) is 0 Å². The van der Waals surface area contributed by atoms with Crippen molar-refractivity contribution >= 4 is 11.2 Å². The van der Waals surface area contributed by atoms with Crippen molar-refractivity contribution in [2.75, 3.05) is 20.3 Å². The van der Waals surface area contributed by atoms with Gasteiger partial charge in [-0.05, 0) is 55.7 Å². The van der Waals surface area contributed by atoms with Gasteiger partial charge in [0.2, 0.25) is 0 Å². The Bertz CT molecular complexity index is 1070. The predicted octanol–water partition coefficient (Wildman–Crippen LogP) is 3.20. The van der Waals surface area contributed by atoms with E-state index in [1.54, 1.807) is 18.0 Å². The number of unbranched alkanes of at least 4 members (excludes halogenated alkanes) is 1. The molecule has 4 aromatic rings. The predicted molar refractivity (Wildman–Crippen MR) is 113 cm³/mol. The van der Waals surface area contributed by atoms with Crippen LogP contribution in [0.4, 0.5) is 0 Å². The lowest BCUT2D eigenvalue weighted by molar-refractivity contribution is 0.146. The molecule has 0 saturated carbocycles. The second-order valence-corrected chi connectivity index (χ2v) is 6.86. The number of hydrogen-bond donors (Lipinski definition) is 0. The quantitative estimate of drug-likeness (QED) is 0.375. The number of methoxy groups -OCH3 is 1. The molecule has 1 aromatic carbocycles. The number of pyridine rings is 1. The van der Waals surface area contributed by atoms with Crippen molar-refractivity contribution < 1.29 is 9.47 Å². The van der Waals surface area contributed by atoms with E-state index in [1.165, 1.54) is 0 Å². The summed E-state index contributed by atoms with van der Waals surface area (Å²) in [6, 6.07) is 13.7. The highest BCUT2D eigenvalue weighted by Crippen LogP contribution is 2.18. The van der Waals surface area contributed by atoms with Crippen LogP contribution in [0.3, 0.4) is 0 Å². The molecule has 8 heteroatoms. The fraction of sp³-hybridized carbons (Fsp3) is 0.318. The maximum absolute atomic E-state index is 5.61. The second kappa shape index (κ2) is 9.89. The maximum Gasteiger partial charge on any atom is 0.187 e. The lowest BCUT2D eigenvalue weighted by Gasteiger charge is -2.07. The molecule has 0 amide bonds. The molecule has 0 radical (unpaired) electrons. The van der Waals surface area contributed by atoms with Gasteiger partial charge in [-0.3, -0.25) is 4.98 Å². The number of fused-ring (bicyclic) bond motifs is 1. The first-order valence-corrected chi connectivity index (χ1v) is 10.0. The zero-order valence-corrected chi connectivity index (χ0v) is 16.9. The van der Waals surface area contributed by atoms with Gasteiger partial charge in [-0.1, -0.05) is 11.3 Å². The highest BCUT2D eigenvalue weighted by Gasteiger charge is 2.10. The van der Waals surface area contributed by atoms with Crippen molar-refractivity contribution in [1.82, 2.24) is 29.9 Å². The molecule has 0 aliphatic heterocycles. The number of ether oxygens (including phenoxy) is 2. The summed E-state index contributed by atoms with van der Waals surface area (Å²) in [5.74, 6) is 1.58. The summed E-state index contributed by atoms with van der Waals surface area (Å²) in [5.41, 5.74) is 3.37. The summed E-state index contributed by atoms with van der Waals surface area (Å²) in [7, 11) is 1.65. The number of aryl methyl sites for hydroxylation is 2. The molecule has 0 spiro atoms. The van der Waals surface area contributed by atoms with Crippen LogP contribution in [0.15, 0.2) is 54.9 Å². The molecular weight excluding hydrogens is 380 g/mol. The first-order valence-electron chi connectivity index (χ1n) is 10.0. The standard InChI is InChI=1S/C22H24N6O2/c1-29-14-15-30-19-11-9-18(10-12-19)28-22-20(26-27-28)16-24-21(25-22)8-3-2-6-17-7-4-5-13-23-17/h4-5,7,9-13,16H,2-3,6,8,14-15H2,1H3. The summed E-state index contributed by atoms with van der Waals surface area (Å²) in [6.07, 6.45) is 7.38. The van der Waals surface area contributed by atoms with E-state index in [0.29, 0.717) is 24.4 Å². The van der Waals surface area contributed by atoms with E-state index >= 15 is 0 Å². The minimum absolute atomic E-state index is 0.513. The number of hydrogen-bond acceptors (Lipinski definition) is 7. The van der Waals surface area contributed by atoms with Crippen LogP contribution >= 0.6 is 0 Å². The molecule has 0 aliphatic rings. The molecule has 3 heterocycles. The van der Waals surface area contributed by atoms with Gasteiger partial charge in [-0.25, -0.2) is 9.97 Å². The number of nitrogens with zero attached hydrogens (tertiary/aromatic N) is 6.